The third-order valence-electron chi connectivity index (χ3n) is 4.12. The second-order valence-electron chi connectivity index (χ2n) is 5.69. The quantitative estimate of drug-likeness (QED) is 0.832. The average Bonchev–Trinajstić information content (AvgIpc) is 3.27. The zero-order valence-electron chi connectivity index (χ0n) is 11.6. The average molecular weight is 288 g/mol. The number of hydrogen-bond acceptors (Lipinski definition) is 3. The van der Waals surface area contributed by atoms with Crippen LogP contribution >= 0.6 is 0 Å². The smallest absolute Gasteiger partial charge is 0.337 e. The Morgan fingerprint density at radius 2 is 2.14 bits per heavy atom. The van der Waals surface area contributed by atoms with E-state index >= 15 is 0 Å². The third kappa shape index (κ3) is 2.37. The van der Waals surface area contributed by atoms with E-state index in [4.69, 9.17) is 0 Å². The number of aromatic nitrogens is 2. The lowest BCUT2D eigenvalue weighted by atomic mass is 10.1. The van der Waals surface area contributed by atoms with Crippen LogP contribution in [0.4, 0.5) is 0 Å². The highest BCUT2D eigenvalue weighted by atomic mass is 16.4. The molecule has 1 aromatic heterocycles. The van der Waals surface area contributed by atoms with Gasteiger partial charge in [-0.25, -0.2) is 4.79 Å². The number of benzene rings is 1. The Bertz CT molecular complexity index is 830. The topological polar surface area (TPSA) is 92.2 Å². The highest BCUT2D eigenvalue weighted by Gasteiger charge is 2.29. The van der Waals surface area contributed by atoms with Gasteiger partial charge >= 0.3 is 17.1 Å². The number of fused-ring (bicyclic) bond motifs is 1. The third-order valence-corrected chi connectivity index (χ3v) is 4.12. The first-order valence-corrected chi connectivity index (χ1v) is 6.98. The fourth-order valence-electron chi connectivity index (χ4n) is 2.78. The molecular formula is C15H16N2O4. The van der Waals surface area contributed by atoms with Crippen molar-refractivity contribution in [2.45, 2.75) is 26.3 Å². The summed E-state index contributed by atoms with van der Waals surface area (Å²) in [5.74, 6) is -0.308. The van der Waals surface area contributed by atoms with Crippen LogP contribution in [0.5, 0.6) is 0 Å². The highest BCUT2D eigenvalue weighted by Crippen LogP contribution is 2.37. The Morgan fingerprint density at radius 1 is 1.43 bits per heavy atom. The fourth-order valence-corrected chi connectivity index (χ4v) is 2.78. The van der Waals surface area contributed by atoms with E-state index in [1.54, 1.807) is 12.1 Å². The molecule has 1 aliphatic rings. The van der Waals surface area contributed by atoms with Crippen LogP contribution in [-0.2, 0) is 6.54 Å². The minimum absolute atomic E-state index is 0.0313. The number of rotatable bonds is 4. The van der Waals surface area contributed by atoms with Crippen LogP contribution in [0.15, 0.2) is 27.8 Å². The first-order chi connectivity index (χ1) is 9.99. The van der Waals surface area contributed by atoms with Gasteiger partial charge in [-0.1, -0.05) is 13.0 Å². The number of carbonyl (C=O) groups is 1. The van der Waals surface area contributed by atoms with E-state index in [9.17, 15) is 19.5 Å². The summed E-state index contributed by atoms with van der Waals surface area (Å²) in [7, 11) is 0. The van der Waals surface area contributed by atoms with Gasteiger partial charge in [0, 0.05) is 6.54 Å². The maximum absolute atomic E-state index is 12.2. The lowest BCUT2D eigenvalue weighted by Gasteiger charge is -2.16. The lowest BCUT2D eigenvalue weighted by Crippen LogP contribution is -2.38. The number of carboxylic acids is 1. The van der Waals surface area contributed by atoms with Gasteiger partial charge in [0.25, 0.3) is 0 Å². The van der Waals surface area contributed by atoms with Crippen molar-refractivity contribution in [3.05, 3.63) is 44.5 Å². The van der Waals surface area contributed by atoms with Crippen molar-refractivity contribution in [2.75, 3.05) is 0 Å². The van der Waals surface area contributed by atoms with Crippen LogP contribution in [0.3, 0.4) is 0 Å². The number of aromatic carboxylic acids is 1. The number of aromatic amines is 1. The van der Waals surface area contributed by atoms with Gasteiger partial charge in [-0.05, 0) is 36.8 Å². The molecule has 1 unspecified atom stereocenters. The molecule has 1 atom stereocenters. The molecule has 1 aromatic carbocycles. The van der Waals surface area contributed by atoms with Crippen LogP contribution in [0, 0.1) is 11.8 Å². The van der Waals surface area contributed by atoms with Crippen molar-refractivity contribution in [1.29, 1.82) is 0 Å². The number of nitrogens with zero attached hydrogens (tertiary/aromatic N) is 1. The van der Waals surface area contributed by atoms with Gasteiger partial charge in [0.2, 0.25) is 0 Å². The van der Waals surface area contributed by atoms with Crippen molar-refractivity contribution in [3.8, 4) is 0 Å². The molecule has 0 bridgehead atoms. The molecule has 2 N–H and O–H groups in total. The van der Waals surface area contributed by atoms with Crippen molar-refractivity contribution < 1.29 is 9.90 Å². The van der Waals surface area contributed by atoms with E-state index in [1.165, 1.54) is 10.6 Å². The SMILES string of the molecule is CC(Cn1c(=O)c(=O)[nH]c2cccc(C(=O)O)c21)C1CC1. The molecule has 3 rings (SSSR count). The van der Waals surface area contributed by atoms with Crippen LogP contribution in [-0.4, -0.2) is 20.6 Å². The second kappa shape index (κ2) is 4.87. The van der Waals surface area contributed by atoms with Crippen molar-refractivity contribution >= 4 is 17.0 Å². The molecule has 6 nitrogen and oxygen atoms in total. The van der Waals surface area contributed by atoms with E-state index in [0.29, 0.717) is 23.5 Å². The first kappa shape index (κ1) is 13.6. The molecule has 0 saturated heterocycles. The molecule has 1 saturated carbocycles. The molecule has 0 radical (unpaired) electrons. The molecule has 0 spiro atoms. The number of hydrogen-bond donors (Lipinski definition) is 2. The molecule has 21 heavy (non-hydrogen) atoms. The molecule has 1 fully saturated rings. The molecule has 1 heterocycles. The van der Waals surface area contributed by atoms with E-state index in [2.05, 4.69) is 4.98 Å². The Morgan fingerprint density at radius 3 is 2.76 bits per heavy atom. The van der Waals surface area contributed by atoms with Crippen LogP contribution in [0.1, 0.15) is 30.1 Å². The normalized spacial score (nSPS) is 16.0. The lowest BCUT2D eigenvalue weighted by molar-refractivity contribution is 0.0698. The minimum Gasteiger partial charge on any atom is -0.478 e. The predicted octanol–water partition coefficient (Wildman–Crippen LogP) is 1.43. The molecule has 110 valence electrons. The monoisotopic (exact) mass is 288 g/mol. The van der Waals surface area contributed by atoms with E-state index in [-0.39, 0.29) is 11.5 Å². The van der Waals surface area contributed by atoms with Crippen molar-refractivity contribution in [3.63, 3.8) is 0 Å². The number of para-hydroxylation sites is 1. The van der Waals surface area contributed by atoms with Gasteiger partial charge in [-0.2, -0.15) is 0 Å². The summed E-state index contributed by atoms with van der Waals surface area (Å²) in [5.41, 5.74) is -0.704. The van der Waals surface area contributed by atoms with Gasteiger partial charge < -0.3 is 14.7 Å². The van der Waals surface area contributed by atoms with Crippen LogP contribution in [0.2, 0.25) is 0 Å². The molecule has 0 aliphatic heterocycles. The van der Waals surface area contributed by atoms with Gasteiger partial charge in [0.1, 0.15) is 0 Å². The number of nitrogens with one attached hydrogen (secondary N) is 1. The highest BCUT2D eigenvalue weighted by molar-refractivity contribution is 6.00. The fraction of sp³-hybridized carbons (Fsp3) is 0.400. The van der Waals surface area contributed by atoms with Crippen molar-refractivity contribution in [1.82, 2.24) is 9.55 Å². The Kier molecular flexibility index (Phi) is 3.16. The summed E-state index contributed by atoms with van der Waals surface area (Å²) in [6.45, 7) is 2.40. The molecule has 0 amide bonds. The molecule has 1 aliphatic carbocycles. The Labute approximate surface area is 120 Å². The van der Waals surface area contributed by atoms with Gasteiger partial charge in [0.15, 0.2) is 0 Å². The molecule has 6 heteroatoms. The summed E-state index contributed by atoms with van der Waals surface area (Å²) < 4.78 is 1.32. The second-order valence-corrected chi connectivity index (χ2v) is 5.69. The van der Waals surface area contributed by atoms with E-state index in [1.807, 2.05) is 6.92 Å². The number of carboxylic acid groups (broad SMARTS) is 1. The van der Waals surface area contributed by atoms with Crippen LogP contribution in [0.25, 0.3) is 11.0 Å². The summed E-state index contributed by atoms with van der Waals surface area (Å²) in [5, 5.41) is 9.32. The maximum Gasteiger partial charge on any atom is 0.337 e. The minimum atomic E-state index is -1.11. The molecular weight excluding hydrogens is 272 g/mol. The van der Waals surface area contributed by atoms with E-state index in [0.717, 1.165) is 12.8 Å². The summed E-state index contributed by atoms with van der Waals surface area (Å²) >= 11 is 0. The largest absolute Gasteiger partial charge is 0.478 e. The molecule has 2 aromatic rings. The summed E-state index contributed by atoms with van der Waals surface area (Å²) in [4.78, 5) is 37.8. The number of H-pyrrole nitrogens is 1. The Hall–Kier alpha value is -2.37. The summed E-state index contributed by atoms with van der Waals surface area (Å²) in [6, 6.07) is 4.61. The standard InChI is InChI=1S/C15H16N2O4/c1-8(9-5-6-9)7-17-12-10(15(20)21)3-2-4-11(12)16-13(18)14(17)19/h2-4,8-9H,5-7H2,1H3,(H,16,18)(H,20,21). The van der Waals surface area contributed by atoms with Crippen LogP contribution < -0.4 is 11.1 Å². The predicted molar refractivity (Wildman–Crippen MR) is 77.7 cm³/mol. The van der Waals surface area contributed by atoms with E-state index < -0.39 is 17.1 Å². The zero-order chi connectivity index (χ0) is 15.1. The maximum atomic E-state index is 12.2. The summed E-state index contributed by atoms with van der Waals surface area (Å²) in [6.07, 6.45) is 2.26. The zero-order valence-corrected chi connectivity index (χ0v) is 11.6. The van der Waals surface area contributed by atoms with Gasteiger partial charge in [-0.3, -0.25) is 9.59 Å². The van der Waals surface area contributed by atoms with Gasteiger partial charge in [0.05, 0.1) is 16.6 Å². The van der Waals surface area contributed by atoms with Gasteiger partial charge in [-0.15, -0.1) is 0 Å². The first-order valence-electron chi connectivity index (χ1n) is 6.98. The Balaban J connectivity index is 2.27. The van der Waals surface area contributed by atoms with Crippen molar-refractivity contribution in [2.24, 2.45) is 11.8 Å².